The van der Waals surface area contributed by atoms with Crippen molar-refractivity contribution in [3.8, 4) is 0 Å². The van der Waals surface area contributed by atoms with Gasteiger partial charge in [-0.25, -0.2) is 0 Å². The SMILES string of the molecule is c1ccc2cc(Nc3cccc4oc5ccccc5c34)ccc2c1. The maximum atomic E-state index is 5.96. The second-order valence-corrected chi connectivity index (χ2v) is 5.96. The molecule has 4 aromatic carbocycles. The van der Waals surface area contributed by atoms with Crippen LogP contribution in [-0.4, -0.2) is 0 Å². The highest BCUT2D eigenvalue weighted by molar-refractivity contribution is 6.12. The summed E-state index contributed by atoms with van der Waals surface area (Å²) in [6.07, 6.45) is 0. The first-order valence-corrected chi connectivity index (χ1v) is 8.04. The smallest absolute Gasteiger partial charge is 0.137 e. The molecule has 0 aliphatic carbocycles. The highest BCUT2D eigenvalue weighted by atomic mass is 16.3. The lowest BCUT2D eigenvalue weighted by Crippen LogP contribution is -1.90. The molecule has 1 heterocycles. The second kappa shape index (κ2) is 5.14. The third kappa shape index (κ3) is 2.04. The third-order valence-electron chi connectivity index (χ3n) is 4.43. The molecule has 0 saturated heterocycles. The summed E-state index contributed by atoms with van der Waals surface area (Å²) in [5.41, 5.74) is 3.96. The van der Waals surface area contributed by atoms with Crippen molar-refractivity contribution in [3.63, 3.8) is 0 Å². The molecule has 24 heavy (non-hydrogen) atoms. The van der Waals surface area contributed by atoms with Crippen LogP contribution in [0.2, 0.25) is 0 Å². The first-order valence-electron chi connectivity index (χ1n) is 8.04. The van der Waals surface area contributed by atoms with E-state index in [0.717, 1.165) is 33.3 Å². The van der Waals surface area contributed by atoms with Gasteiger partial charge < -0.3 is 9.73 Å². The van der Waals surface area contributed by atoms with Crippen LogP contribution in [0.5, 0.6) is 0 Å². The number of para-hydroxylation sites is 1. The minimum absolute atomic E-state index is 0.905. The van der Waals surface area contributed by atoms with Gasteiger partial charge in [-0.3, -0.25) is 0 Å². The zero-order valence-electron chi connectivity index (χ0n) is 13.0. The van der Waals surface area contributed by atoms with Crippen molar-refractivity contribution in [1.29, 1.82) is 0 Å². The Bertz CT molecular complexity index is 1190. The monoisotopic (exact) mass is 309 g/mol. The lowest BCUT2D eigenvalue weighted by Gasteiger charge is -2.09. The number of benzene rings is 4. The van der Waals surface area contributed by atoms with Gasteiger partial charge in [-0.05, 0) is 41.1 Å². The molecular formula is C22H15NO. The molecule has 0 radical (unpaired) electrons. The summed E-state index contributed by atoms with van der Waals surface area (Å²) in [7, 11) is 0. The fraction of sp³-hybridized carbons (Fsp3) is 0. The van der Waals surface area contributed by atoms with E-state index in [1.807, 2.05) is 30.3 Å². The van der Waals surface area contributed by atoms with Gasteiger partial charge in [0, 0.05) is 11.1 Å². The van der Waals surface area contributed by atoms with Crippen molar-refractivity contribution in [2.24, 2.45) is 0 Å². The standard InChI is InChI=1S/C22H15NO/c1-2-7-16-14-17(13-12-15(16)6-1)23-19-9-5-11-21-22(19)18-8-3-4-10-20(18)24-21/h1-14,23H. The number of hydrogen-bond donors (Lipinski definition) is 1. The van der Waals surface area contributed by atoms with Crippen molar-refractivity contribution in [2.45, 2.75) is 0 Å². The van der Waals surface area contributed by atoms with Gasteiger partial charge in [-0.2, -0.15) is 0 Å². The molecule has 0 aliphatic heterocycles. The summed E-state index contributed by atoms with van der Waals surface area (Å²) in [6.45, 7) is 0. The van der Waals surface area contributed by atoms with Gasteiger partial charge in [-0.15, -0.1) is 0 Å². The predicted molar refractivity (Wildman–Crippen MR) is 101 cm³/mol. The number of anilines is 2. The van der Waals surface area contributed by atoms with Crippen molar-refractivity contribution in [3.05, 3.63) is 84.9 Å². The number of nitrogens with one attached hydrogen (secondary N) is 1. The van der Waals surface area contributed by atoms with Crippen molar-refractivity contribution < 1.29 is 4.42 Å². The summed E-state index contributed by atoms with van der Waals surface area (Å²) in [4.78, 5) is 0. The molecule has 0 spiro atoms. The van der Waals surface area contributed by atoms with Crippen LogP contribution in [0.25, 0.3) is 32.7 Å². The Morgan fingerprint density at radius 3 is 2.38 bits per heavy atom. The highest BCUT2D eigenvalue weighted by Crippen LogP contribution is 2.35. The van der Waals surface area contributed by atoms with E-state index < -0.39 is 0 Å². The van der Waals surface area contributed by atoms with Crippen LogP contribution in [0.4, 0.5) is 11.4 Å². The Labute approximate surface area is 139 Å². The van der Waals surface area contributed by atoms with E-state index in [2.05, 4.69) is 59.9 Å². The van der Waals surface area contributed by atoms with E-state index in [9.17, 15) is 0 Å². The quantitative estimate of drug-likeness (QED) is 0.403. The van der Waals surface area contributed by atoms with Gasteiger partial charge in [0.1, 0.15) is 11.2 Å². The van der Waals surface area contributed by atoms with Gasteiger partial charge >= 0.3 is 0 Å². The fourth-order valence-corrected chi connectivity index (χ4v) is 3.30. The lowest BCUT2D eigenvalue weighted by atomic mass is 10.1. The van der Waals surface area contributed by atoms with Crippen molar-refractivity contribution in [1.82, 2.24) is 0 Å². The van der Waals surface area contributed by atoms with E-state index >= 15 is 0 Å². The molecular weight excluding hydrogens is 294 g/mol. The van der Waals surface area contributed by atoms with Crippen LogP contribution < -0.4 is 5.32 Å². The molecule has 0 saturated carbocycles. The fourth-order valence-electron chi connectivity index (χ4n) is 3.30. The lowest BCUT2D eigenvalue weighted by molar-refractivity contribution is 0.669. The first-order chi connectivity index (χ1) is 11.9. The number of rotatable bonds is 2. The molecule has 0 amide bonds. The van der Waals surface area contributed by atoms with E-state index in [0.29, 0.717) is 0 Å². The predicted octanol–water partition coefficient (Wildman–Crippen LogP) is 6.48. The summed E-state index contributed by atoms with van der Waals surface area (Å²) < 4.78 is 5.96. The average molecular weight is 309 g/mol. The Balaban J connectivity index is 1.68. The number of furan rings is 1. The van der Waals surface area contributed by atoms with Crippen LogP contribution >= 0.6 is 0 Å². The molecule has 114 valence electrons. The Morgan fingerprint density at radius 2 is 1.42 bits per heavy atom. The Kier molecular flexibility index (Phi) is 2.83. The van der Waals surface area contributed by atoms with Crippen molar-refractivity contribution in [2.75, 3.05) is 5.32 Å². The molecule has 5 rings (SSSR count). The van der Waals surface area contributed by atoms with E-state index in [1.165, 1.54) is 10.8 Å². The van der Waals surface area contributed by atoms with Gasteiger partial charge in [0.15, 0.2) is 0 Å². The van der Waals surface area contributed by atoms with Crippen LogP contribution in [0.3, 0.4) is 0 Å². The second-order valence-electron chi connectivity index (χ2n) is 5.96. The largest absolute Gasteiger partial charge is 0.456 e. The van der Waals surface area contributed by atoms with E-state index in [4.69, 9.17) is 4.42 Å². The van der Waals surface area contributed by atoms with Gasteiger partial charge in [0.05, 0.1) is 11.1 Å². The molecule has 2 nitrogen and oxygen atoms in total. The van der Waals surface area contributed by atoms with E-state index in [1.54, 1.807) is 0 Å². The number of hydrogen-bond acceptors (Lipinski definition) is 2. The summed E-state index contributed by atoms with van der Waals surface area (Å²) in [6, 6.07) is 29.1. The highest BCUT2D eigenvalue weighted by Gasteiger charge is 2.10. The minimum Gasteiger partial charge on any atom is -0.456 e. The molecule has 0 unspecified atom stereocenters. The molecule has 1 N–H and O–H groups in total. The molecule has 0 aliphatic rings. The molecule has 0 bridgehead atoms. The molecule has 1 aromatic heterocycles. The normalized spacial score (nSPS) is 11.3. The molecule has 0 fully saturated rings. The Hall–Kier alpha value is -3.26. The van der Waals surface area contributed by atoms with Gasteiger partial charge in [-0.1, -0.05) is 54.6 Å². The number of fused-ring (bicyclic) bond motifs is 4. The third-order valence-corrected chi connectivity index (χ3v) is 4.43. The Morgan fingerprint density at radius 1 is 0.625 bits per heavy atom. The summed E-state index contributed by atoms with van der Waals surface area (Å²) in [5.74, 6) is 0. The van der Waals surface area contributed by atoms with Gasteiger partial charge in [0.25, 0.3) is 0 Å². The van der Waals surface area contributed by atoms with Gasteiger partial charge in [0.2, 0.25) is 0 Å². The first kappa shape index (κ1) is 13.2. The van der Waals surface area contributed by atoms with Crippen LogP contribution in [0.1, 0.15) is 0 Å². The molecule has 0 atom stereocenters. The topological polar surface area (TPSA) is 25.2 Å². The maximum absolute atomic E-state index is 5.96. The average Bonchev–Trinajstić information content (AvgIpc) is 3.01. The summed E-state index contributed by atoms with van der Waals surface area (Å²) in [5, 5.41) is 8.29. The van der Waals surface area contributed by atoms with E-state index in [-0.39, 0.29) is 0 Å². The molecule has 2 heteroatoms. The maximum Gasteiger partial charge on any atom is 0.137 e. The van der Waals surface area contributed by atoms with Crippen molar-refractivity contribution >= 4 is 44.1 Å². The van der Waals surface area contributed by atoms with Crippen LogP contribution in [0.15, 0.2) is 89.3 Å². The summed E-state index contributed by atoms with van der Waals surface area (Å²) >= 11 is 0. The zero-order chi connectivity index (χ0) is 15.9. The zero-order valence-corrected chi connectivity index (χ0v) is 13.0. The minimum atomic E-state index is 0.905. The van der Waals surface area contributed by atoms with Crippen LogP contribution in [0, 0.1) is 0 Å². The molecule has 5 aromatic rings. The van der Waals surface area contributed by atoms with Crippen LogP contribution in [-0.2, 0) is 0 Å².